The monoisotopic (exact) mass is 387 g/mol. The van der Waals surface area contributed by atoms with E-state index in [0.29, 0.717) is 24.3 Å². The van der Waals surface area contributed by atoms with Crippen LogP contribution < -0.4 is 9.62 Å². The highest BCUT2D eigenvalue weighted by molar-refractivity contribution is 7.92. The molecule has 1 fully saturated rings. The number of anilines is 1. The molecule has 2 aromatic carbocycles. The lowest BCUT2D eigenvalue weighted by Crippen LogP contribution is -2.52. The van der Waals surface area contributed by atoms with E-state index in [0.717, 1.165) is 13.1 Å². The maximum atomic E-state index is 13.2. The Kier molecular flexibility index (Phi) is 5.82. The Hall–Kier alpha value is -2.38. The molecular formula is C20H25N3O3S. The number of nitrogens with one attached hydrogen (secondary N) is 1. The maximum absolute atomic E-state index is 13.2. The lowest BCUT2D eigenvalue weighted by Gasteiger charge is -2.34. The van der Waals surface area contributed by atoms with Gasteiger partial charge in [0.1, 0.15) is 0 Å². The summed E-state index contributed by atoms with van der Waals surface area (Å²) in [7, 11) is -3.75. The van der Waals surface area contributed by atoms with Gasteiger partial charge in [-0.3, -0.25) is 9.10 Å². The van der Waals surface area contributed by atoms with Crippen LogP contribution in [0.5, 0.6) is 0 Å². The average Bonchev–Trinajstić information content (AvgIpc) is 2.69. The average molecular weight is 388 g/mol. The molecule has 7 heteroatoms. The van der Waals surface area contributed by atoms with Gasteiger partial charge in [0.2, 0.25) is 0 Å². The first-order valence-electron chi connectivity index (χ1n) is 9.14. The van der Waals surface area contributed by atoms with Crippen molar-refractivity contribution in [3.8, 4) is 0 Å². The van der Waals surface area contributed by atoms with Crippen molar-refractivity contribution in [1.29, 1.82) is 0 Å². The van der Waals surface area contributed by atoms with Gasteiger partial charge in [-0.1, -0.05) is 24.3 Å². The van der Waals surface area contributed by atoms with Gasteiger partial charge in [-0.05, 0) is 44.2 Å². The Morgan fingerprint density at radius 1 is 1.19 bits per heavy atom. The van der Waals surface area contributed by atoms with Crippen LogP contribution in [0, 0.1) is 0 Å². The molecule has 0 unspecified atom stereocenters. The van der Waals surface area contributed by atoms with Crippen LogP contribution in [-0.2, 0) is 10.0 Å². The van der Waals surface area contributed by atoms with Crippen LogP contribution in [0.2, 0.25) is 0 Å². The largest absolute Gasteiger partial charge is 0.333 e. The van der Waals surface area contributed by atoms with E-state index >= 15 is 0 Å². The fraction of sp³-hybridized carbons (Fsp3) is 0.350. The standard InChI is InChI=1S/C20H25N3O3S/c1-3-23(18-9-5-4-6-10-18)27(25,26)19-11-7-8-17(14-19)20(24)22-13-12-21-15-16(22)2/h4-11,14,16,21H,3,12-13,15H2,1-2H3/t16-/m0/s1. The summed E-state index contributed by atoms with van der Waals surface area (Å²) in [6.45, 7) is 6.18. The second kappa shape index (κ2) is 8.10. The molecule has 2 aromatic rings. The Morgan fingerprint density at radius 2 is 1.93 bits per heavy atom. The molecule has 1 atom stereocenters. The van der Waals surface area contributed by atoms with Gasteiger partial charge in [0.05, 0.1) is 10.6 Å². The number of benzene rings is 2. The summed E-state index contributed by atoms with van der Waals surface area (Å²) in [5.74, 6) is -0.135. The number of nitrogens with zero attached hydrogens (tertiary/aromatic N) is 2. The van der Waals surface area contributed by atoms with Crippen molar-refractivity contribution >= 4 is 21.6 Å². The van der Waals surface area contributed by atoms with Crippen molar-refractivity contribution in [2.45, 2.75) is 24.8 Å². The van der Waals surface area contributed by atoms with Crippen LogP contribution in [0.4, 0.5) is 5.69 Å². The van der Waals surface area contributed by atoms with Crippen LogP contribution >= 0.6 is 0 Å². The second-order valence-corrected chi connectivity index (χ2v) is 8.45. The van der Waals surface area contributed by atoms with Crippen LogP contribution in [0.25, 0.3) is 0 Å². The zero-order chi connectivity index (χ0) is 19.4. The smallest absolute Gasteiger partial charge is 0.264 e. The molecule has 0 radical (unpaired) electrons. The van der Waals surface area contributed by atoms with Gasteiger partial charge in [0, 0.05) is 37.8 Å². The minimum atomic E-state index is -3.75. The summed E-state index contributed by atoms with van der Waals surface area (Å²) in [6.07, 6.45) is 0. The first-order chi connectivity index (χ1) is 12.9. The molecule has 1 aliphatic heterocycles. The van der Waals surface area contributed by atoms with Crippen molar-refractivity contribution in [1.82, 2.24) is 10.2 Å². The summed E-state index contributed by atoms with van der Waals surface area (Å²) in [4.78, 5) is 14.8. The maximum Gasteiger partial charge on any atom is 0.264 e. The molecule has 1 aliphatic rings. The fourth-order valence-corrected chi connectivity index (χ4v) is 4.83. The van der Waals surface area contributed by atoms with E-state index in [1.165, 1.54) is 10.4 Å². The number of carbonyl (C=O) groups is 1. The number of piperazine rings is 1. The lowest BCUT2D eigenvalue weighted by molar-refractivity contribution is 0.0655. The third kappa shape index (κ3) is 3.99. The number of rotatable bonds is 5. The number of amides is 1. The molecular weight excluding hydrogens is 362 g/mol. The predicted molar refractivity (Wildman–Crippen MR) is 106 cm³/mol. The molecule has 1 amide bonds. The normalized spacial score (nSPS) is 17.6. The molecule has 0 aromatic heterocycles. The van der Waals surface area contributed by atoms with E-state index in [1.54, 1.807) is 54.3 Å². The Labute approximate surface area is 160 Å². The first kappa shape index (κ1) is 19.4. The lowest BCUT2D eigenvalue weighted by atomic mass is 10.1. The van der Waals surface area contributed by atoms with E-state index in [9.17, 15) is 13.2 Å². The molecule has 0 aliphatic carbocycles. The van der Waals surface area contributed by atoms with Gasteiger partial charge < -0.3 is 10.2 Å². The Morgan fingerprint density at radius 3 is 2.59 bits per heavy atom. The summed E-state index contributed by atoms with van der Waals surface area (Å²) >= 11 is 0. The minimum Gasteiger partial charge on any atom is -0.333 e. The van der Waals surface area contributed by atoms with Gasteiger partial charge >= 0.3 is 0 Å². The predicted octanol–water partition coefficient (Wildman–Crippen LogP) is 2.34. The van der Waals surface area contributed by atoms with E-state index in [4.69, 9.17) is 0 Å². The van der Waals surface area contributed by atoms with Crippen molar-refractivity contribution in [3.63, 3.8) is 0 Å². The van der Waals surface area contributed by atoms with Crippen molar-refractivity contribution in [2.75, 3.05) is 30.5 Å². The molecule has 1 heterocycles. The number of carbonyl (C=O) groups excluding carboxylic acids is 1. The van der Waals surface area contributed by atoms with Crippen molar-refractivity contribution in [2.24, 2.45) is 0 Å². The molecule has 144 valence electrons. The van der Waals surface area contributed by atoms with Gasteiger partial charge in [-0.25, -0.2) is 8.42 Å². The molecule has 6 nitrogen and oxygen atoms in total. The van der Waals surface area contributed by atoms with E-state index in [-0.39, 0.29) is 16.8 Å². The molecule has 0 bridgehead atoms. The van der Waals surface area contributed by atoms with Crippen molar-refractivity contribution < 1.29 is 13.2 Å². The summed E-state index contributed by atoms with van der Waals surface area (Å²) in [5, 5.41) is 3.25. The molecule has 3 rings (SSSR count). The fourth-order valence-electron chi connectivity index (χ4n) is 3.31. The molecule has 1 N–H and O–H groups in total. The summed E-state index contributed by atoms with van der Waals surface area (Å²) in [5.41, 5.74) is 1.00. The van der Waals surface area contributed by atoms with Crippen molar-refractivity contribution in [3.05, 3.63) is 60.2 Å². The van der Waals surface area contributed by atoms with E-state index < -0.39 is 10.0 Å². The third-order valence-electron chi connectivity index (χ3n) is 4.76. The molecule has 0 spiro atoms. The highest BCUT2D eigenvalue weighted by atomic mass is 32.2. The second-order valence-electron chi connectivity index (χ2n) is 6.58. The third-order valence-corrected chi connectivity index (χ3v) is 6.66. The van der Waals surface area contributed by atoms with Gasteiger partial charge in [0.15, 0.2) is 0 Å². The quantitative estimate of drug-likeness (QED) is 0.855. The van der Waals surface area contributed by atoms with Crippen LogP contribution in [0.15, 0.2) is 59.5 Å². The number of para-hydroxylation sites is 1. The first-order valence-corrected chi connectivity index (χ1v) is 10.6. The Bertz CT molecular complexity index is 900. The summed E-state index contributed by atoms with van der Waals surface area (Å²) < 4.78 is 27.7. The number of sulfonamides is 1. The van der Waals surface area contributed by atoms with E-state index in [2.05, 4.69) is 5.32 Å². The SMILES string of the molecule is CCN(c1ccccc1)S(=O)(=O)c1cccc(C(=O)N2CCNC[C@@H]2C)c1. The topological polar surface area (TPSA) is 69.7 Å². The van der Waals surface area contributed by atoms with Crippen LogP contribution in [0.1, 0.15) is 24.2 Å². The Balaban J connectivity index is 1.93. The number of hydrogen-bond acceptors (Lipinski definition) is 4. The van der Waals surface area contributed by atoms with Gasteiger partial charge in [0.25, 0.3) is 15.9 Å². The van der Waals surface area contributed by atoms with Gasteiger partial charge in [-0.15, -0.1) is 0 Å². The summed E-state index contributed by atoms with van der Waals surface area (Å²) in [6, 6.07) is 15.4. The molecule has 0 saturated carbocycles. The number of hydrogen-bond donors (Lipinski definition) is 1. The highest BCUT2D eigenvalue weighted by Gasteiger charge is 2.27. The van der Waals surface area contributed by atoms with Gasteiger partial charge in [-0.2, -0.15) is 0 Å². The minimum absolute atomic E-state index is 0.0722. The zero-order valence-corrected chi connectivity index (χ0v) is 16.4. The van der Waals surface area contributed by atoms with Crippen LogP contribution in [0.3, 0.4) is 0 Å². The van der Waals surface area contributed by atoms with Crippen LogP contribution in [-0.4, -0.2) is 51.4 Å². The molecule has 27 heavy (non-hydrogen) atoms. The zero-order valence-electron chi connectivity index (χ0n) is 15.6. The molecule has 1 saturated heterocycles. The highest BCUT2D eigenvalue weighted by Crippen LogP contribution is 2.24. The van der Waals surface area contributed by atoms with E-state index in [1.807, 2.05) is 13.0 Å².